The van der Waals surface area contributed by atoms with Crippen LogP contribution in [-0.2, 0) is 9.59 Å². The molecule has 0 aromatic rings. The number of hydrogen-bond donors (Lipinski definition) is 2. The average Bonchev–Trinajstić information content (AvgIpc) is 2.13. The summed E-state index contributed by atoms with van der Waals surface area (Å²) in [6.07, 6.45) is 1.46. The summed E-state index contributed by atoms with van der Waals surface area (Å²) in [5.74, 6) is -2.37. The Morgan fingerprint density at radius 3 is 2.86 bits per heavy atom. The van der Waals surface area contributed by atoms with E-state index in [9.17, 15) is 14.7 Å². The molecule has 0 fully saturated rings. The fourth-order valence-corrected chi connectivity index (χ4v) is 1.17. The first-order chi connectivity index (χ1) is 6.52. The zero-order valence-electron chi connectivity index (χ0n) is 7.73. The number of aliphatic hydroxyl groups excluding tert-OH is 1. The van der Waals surface area contributed by atoms with E-state index in [2.05, 4.69) is 4.99 Å². The van der Waals surface area contributed by atoms with Gasteiger partial charge < -0.3 is 10.2 Å². The molecule has 0 saturated carbocycles. The number of carboxylic acids is 1. The van der Waals surface area contributed by atoms with E-state index in [-0.39, 0.29) is 24.3 Å². The maximum absolute atomic E-state index is 11.4. The van der Waals surface area contributed by atoms with Crippen molar-refractivity contribution in [3.63, 3.8) is 0 Å². The van der Waals surface area contributed by atoms with Crippen molar-refractivity contribution in [3.8, 4) is 0 Å². The lowest BCUT2D eigenvalue weighted by Crippen LogP contribution is -2.23. The summed E-state index contributed by atoms with van der Waals surface area (Å²) < 4.78 is 0. The number of Topliss-reactive ketones (excluding diaryl/α,β-unsaturated/α-hetero) is 1. The van der Waals surface area contributed by atoms with Gasteiger partial charge in [0, 0.05) is 12.6 Å². The third-order valence-corrected chi connectivity index (χ3v) is 2.03. The van der Waals surface area contributed by atoms with Crippen LogP contribution in [-0.4, -0.2) is 28.2 Å². The second-order valence-electron chi connectivity index (χ2n) is 3.12. The Balaban J connectivity index is 2.64. The molecular formula is C9H11NO4. The van der Waals surface area contributed by atoms with Crippen molar-refractivity contribution in [2.24, 2.45) is 10.9 Å². The topological polar surface area (TPSA) is 87.0 Å². The van der Waals surface area contributed by atoms with E-state index >= 15 is 0 Å². The summed E-state index contributed by atoms with van der Waals surface area (Å²) in [7, 11) is 0. The van der Waals surface area contributed by atoms with Gasteiger partial charge in [0.15, 0.2) is 5.76 Å². The van der Waals surface area contributed by atoms with Crippen LogP contribution in [0.1, 0.15) is 19.8 Å². The van der Waals surface area contributed by atoms with Crippen LogP contribution in [0.25, 0.3) is 0 Å². The van der Waals surface area contributed by atoms with Gasteiger partial charge in [-0.1, -0.05) is 0 Å². The van der Waals surface area contributed by atoms with Crippen LogP contribution in [0.15, 0.2) is 16.4 Å². The molecule has 0 amide bonds. The summed E-state index contributed by atoms with van der Waals surface area (Å²) in [6, 6.07) is 0. The third kappa shape index (κ3) is 2.18. The third-order valence-electron chi connectivity index (χ3n) is 2.03. The Labute approximate surface area is 80.8 Å². The van der Waals surface area contributed by atoms with Crippen molar-refractivity contribution >= 4 is 18.0 Å². The Bertz CT molecular complexity index is 330. The number of rotatable bonds is 3. The molecular weight excluding hydrogens is 186 g/mol. The molecule has 1 unspecified atom stereocenters. The molecule has 1 heterocycles. The van der Waals surface area contributed by atoms with Crippen LogP contribution >= 0.6 is 0 Å². The van der Waals surface area contributed by atoms with Gasteiger partial charge in [0.05, 0.1) is 11.6 Å². The number of aliphatic hydroxyl groups is 1. The fourth-order valence-electron chi connectivity index (χ4n) is 1.17. The molecule has 0 aliphatic carbocycles. The van der Waals surface area contributed by atoms with Crippen molar-refractivity contribution in [1.29, 1.82) is 0 Å². The van der Waals surface area contributed by atoms with Gasteiger partial charge in [-0.15, -0.1) is 0 Å². The Kier molecular flexibility index (Phi) is 3.01. The molecule has 0 saturated heterocycles. The molecule has 14 heavy (non-hydrogen) atoms. The summed E-state index contributed by atoms with van der Waals surface area (Å²) in [4.78, 5) is 25.4. The maximum atomic E-state index is 11.4. The van der Waals surface area contributed by atoms with Gasteiger partial charge in [-0.05, 0) is 13.3 Å². The number of allylic oxidation sites excluding steroid dienone is 2. The minimum absolute atomic E-state index is 0.102. The molecule has 5 heteroatoms. The Morgan fingerprint density at radius 2 is 2.29 bits per heavy atom. The van der Waals surface area contributed by atoms with Gasteiger partial charge in [-0.3, -0.25) is 14.6 Å². The summed E-state index contributed by atoms with van der Waals surface area (Å²) >= 11 is 0. The first-order valence-corrected chi connectivity index (χ1v) is 4.22. The molecule has 0 radical (unpaired) electrons. The SMILES string of the molecule is CC1=C(O)C(=O)C(CCC(=O)O)C=N1. The molecule has 1 aliphatic rings. The van der Waals surface area contributed by atoms with E-state index in [1.807, 2.05) is 0 Å². The highest BCUT2D eigenvalue weighted by molar-refractivity contribution is 6.06. The van der Waals surface area contributed by atoms with Crippen molar-refractivity contribution in [2.45, 2.75) is 19.8 Å². The molecule has 1 rings (SSSR count). The average molecular weight is 197 g/mol. The van der Waals surface area contributed by atoms with Crippen molar-refractivity contribution < 1.29 is 19.8 Å². The van der Waals surface area contributed by atoms with Crippen molar-refractivity contribution in [2.75, 3.05) is 0 Å². The number of hydrogen-bond acceptors (Lipinski definition) is 4. The van der Waals surface area contributed by atoms with Crippen LogP contribution in [0.5, 0.6) is 0 Å². The largest absolute Gasteiger partial charge is 0.503 e. The van der Waals surface area contributed by atoms with Gasteiger partial charge in [0.2, 0.25) is 5.78 Å². The Hall–Kier alpha value is -1.65. The zero-order chi connectivity index (χ0) is 10.7. The lowest BCUT2D eigenvalue weighted by molar-refractivity contribution is -0.137. The van der Waals surface area contributed by atoms with Crippen LogP contribution in [0.2, 0.25) is 0 Å². The number of aliphatic carboxylic acids is 1. The van der Waals surface area contributed by atoms with E-state index in [4.69, 9.17) is 5.11 Å². The molecule has 5 nitrogen and oxygen atoms in total. The number of carbonyl (C=O) groups is 2. The van der Waals surface area contributed by atoms with Crippen LogP contribution < -0.4 is 0 Å². The summed E-state index contributed by atoms with van der Waals surface area (Å²) in [5.41, 5.74) is 0.279. The van der Waals surface area contributed by atoms with Gasteiger partial charge in [0.1, 0.15) is 0 Å². The quantitative estimate of drug-likeness (QED) is 0.703. The highest BCUT2D eigenvalue weighted by Crippen LogP contribution is 2.18. The molecule has 76 valence electrons. The monoisotopic (exact) mass is 197 g/mol. The lowest BCUT2D eigenvalue weighted by atomic mass is 9.96. The molecule has 0 bridgehead atoms. The van der Waals surface area contributed by atoms with E-state index in [0.717, 1.165) is 0 Å². The lowest BCUT2D eigenvalue weighted by Gasteiger charge is -2.14. The van der Waals surface area contributed by atoms with Gasteiger partial charge >= 0.3 is 5.97 Å². The van der Waals surface area contributed by atoms with Crippen molar-refractivity contribution in [3.05, 3.63) is 11.5 Å². The molecule has 0 spiro atoms. The first kappa shape index (κ1) is 10.4. The van der Waals surface area contributed by atoms with E-state index < -0.39 is 17.7 Å². The smallest absolute Gasteiger partial charge is 0.303 e. The summed E-state index contributed by atoms with van der Waals surface area (Å²) in [5, 5.41) is 17.7. The van der Waals surface area contributed by atoms with E-state index in [1.165, 1.54) is 13.1 Å². The molecule has 0 aromatic heterocycles. The van der Waals surface area contributed by atoms with E-state index in [1.54, 1.807) is 0 Å². The second-order valence-corrected chi connectivity index (χ2v) is 3.12. The highest BCUT2D eigenvalue weighted by Gasteiger charge is 2.25. The number of nitrogens with zero attached hydrogens (tertiary/aromatic N) is 1. The zero-order valence-corrected chi connectivity index (χ0v) is 7.73. The van der Waals surface area contributed by atoms with Gasteiger partial charge in [-0.2, -0.15) is 0 Å². The van der Waals surface area contributed by atoms with Gasteiger partial charge in [0.25, 0.3) is 0 Å². The number of carbonyl (C=O) groups excluding carboxylic acids is 1. The Morgan fingerprint density at radius 1 is 1.64 bits per heavy atom. The molecule has 2 N–H and O–H groups in total. The minimum Gasteiger partial charge on any atom is -0.503 e. The fraction of sp³-hybridized carbons (Fsp3) is 0.444. The second kappa shape index (κ2) is 4.04. The minimum atomic E-state index is -0.961. The highest BCUT2D eigenvalue weighted by atomic mass is 16.4. The van der Waals surface area contributed by atoms with Gasteiger partial charge in [-0.25, -0.2) is 0 Å². The molecule has 1 atom stereocenters. The standard InChI is InChI=1S/C9H11NO4/c1-5-8(13)9(14)6(4-10-5)2-3-7(11)12/h4,6,13H,2-3H2,1H3,(H,11,12). The van der Waals surface area contributed by atoms with Crippen molar-refractivity contribution in [1.82, 2.24) is 0 Å². The predicted molar refractivity (Wildman–Crippen MR) is 49.2 cm³/mol. The number of carboxylic acid groups (broad SMARTS) is 1. The van der Waals surface area contributed by atoms with E-state index in [0.29, 0.717) is 0 Å². The number of ketones is 1. The van der Waals surface area contributed by atoms with Crippen LogP contribution in [0.4, 0.5) is 0 Å². The predicted octanol–water partition coefficient (Wildman–Crippen LogP) is 0.910. The number of aliphatic imine (C=N–C) groups is 1. The molecule has 1 aliphatic heterocycles. The molecule has 0 aromatic carbocycles. The summed E-state index contributed by atoms with van der Waals surface area (Å²) in [6.45, 7) is 1.52. The van der Waals surface area contributed by atoms with Crippen LogP contribution in [0.3, 0.4) is 0 Å². The maximum Gasteiger partial charge on any atom is 0.303 e. The normalized spacial score (nSPS) is 21.5. The van der Waals surface area contributed by atoms with Crippen LogP contribution in [0, 0.1) is 5.92 Å². The first-order valence-electron chi connectivity index (χ1n) is 4.22.